The summed E-state index contributed by atoms with van der Waals surface area (Å²) in [5.74, 6) is 0.194. The second-order valence-electron chi connectivity index (χ2n) is 8.29. The van der Waals surface area contributed by atoms with Gasteiger partial charge in [0.15, 0.2) is 0 Å². The SMILES string of the molecule is CCCN(C(=O)Nc1ccc(C(=O)OCC)cc1)C(CC)c1nc2ccccc2c(=O)n1CCC. The first-order valence-corrected chi connectivity index (χ1v) is 12.3. The molecule has 3 aromatic rings. The molecule has 0 saturated carbocycles. The molecule has 1 N–H and O–H groups in total. The number of aromatic nitrogens is 2. The molecule has 0 bridgehead atoms. The average Bonchev–Trinajstić information content (AvgIpc) is 2.86. The highest BCUT2D eigenvalue weighted by molar-refractivity contribution is 5.92. The summed E-state index contributed by atoms with van der Waals surface area (Å²) in [7, 11) is 0. The number of carbonyl (C=O) groups is 2. The maximum absolute atomic E-state index is 13.4. The standard InChI is InChI=1S/C27H34N4O4/c1-5-17-30(27(34)28-20-15-13-19(14-16-20)26(33)35-8-4)23(7-3)24-29-22-12-10-9-11-21(22)25(32)31(24)18-6-2/h9-16,23H,5-8,17-18H2,1-4H3,(H,28,34). The van der Waals surface area contributed by atoms with E-state index in [1.165, 1.54) is 0 Å². The molecule has 2 aromatic carbocycles. The number of rotatable bonds is 10. The second-order valence-corrected chi connectivity index (χ2v) is 8.29. The lowest BCUT2D eigenvalue weighted by atomic mass is 10.1. The number of fused-ring (bicyclic) bond motifs is 1. The van der Waals surface area contributed by atoms with Gasteiger partial charge in [-0.05, 0) is 62.6 Å². The number of nitrogens with zero attached hydrogens (tertiary/aromatic N) is 3. The zero-order valence-electron chi connectivity index (χ0n) is 20.9. The van der Waals surface area contributed by atoms with Crippen molar-refractivity contribution in [3.63, 3.8) is 0 Å². The predicted molar refractivity (Wildman–Crippen MR) is 138 cm³/mol. The van der Waals surface area contributed by atoms with Gasteiger partial charge in [-0.3, -0.25) is 9.36 Å². The molecule has 0 aliphatic rings. The van der Waals surface area contributed by atoms with Gasteiger partial charge in [-0.2, -0.15) is 0 Å². The third-order valence-corrected chi connectivity index (χ3v) is 5.77. The van der Waals surface area contributed by atoms with E-state index in [9.17, 15) is 14.4 Å². The van der Waals surface area contributed by atoms with Crippen LogP contribution in [0.1, 0.15) is 69.2 Å². The first-order valence-electron chi connectivity index (χ1n) is 12.3. The number of nitrogens with one attached hydrogen (secondary N) is 1. The van der Waals surface area contributed by atoms with Crippen LogP contribution in [0.4, 0.5) is 10.5 Å². The molecule has 0 aliphatic carbocycles. The molecule has 8 heteroatoms. The van der Waals surface area contributed by atoms with E-state index in [0.29, 0.717) is 54.1 Å². The van der Waals surface area contributed by atoms with Crippen molar-refractivity contribution in [2.45, 2.75) is 59.5 Å². The van der Waals surface area contributed by atoms with E-state index in [1.54, 1.807) is 46.7 Å². The summed E-state index contributed by atoms with van der Waals surface area (Å²) in [6.45, 7) is 9.10. The maximum Gasteiger partial charge on any atom is 0.338 e. The molecule has 1 heterocycles. The van der Waals surface area contributed by atoms with Gasteiger partial charge in [0.1, 0.15) is 5.82 Å². The van der Waals surface area contributed by atoms with Gasteiger partial charge in [-0.1, -0.05) is 32.9 Å². The van der Waals surface area contributed by atoms with Gasteiger partial charge in [-0.15, -0.1) is 0 Å². The number of esters is 1. The number of hydrogen-bond acceptors (Lipinski definition) is 5. The van der Waals surface area contributed by atoms with Gasteiger partial charge >= 0.3 is 12.0 Å². The summed E-state index contributed by atoms with van der Waals surface area (Å²) < 4.78 is 6.72. The number of para-hydroxylation sites is 1. The number of anilines is 1. The number of benzene rings is 2. The van der Waals surface area contributed by atoms with Gasteiger partial charge in [-0.25, -0.2) is 14.6 Å². The maximum atomic E-state index is 13.4. The number of urea groups is 1. The molecule has 186 valence electrons. The van der Waals surface area contributed by atoms with Crippen molar-refractivity contribution < 1.29 is 14.3 Å². The van der Waals surface area contributed by atoms with Crippen LogP contribution in [-0.4, -0.2) is 39.6 Å². The molecule has 2 amide bonds. The van der Waals surface area contributed by atoms with Crippen LogP contribution in [0.3, 0.4) is 0 Å². The fourth-order valence-corrected chi connectivity index (χ4v) is 4.16. The lowest BCUT2D eigenvalue weighted by Crippen LogP contribution is -2.41. The third kappa shape index (κ3) is 5.88. The van der Waals surface area contributed by atoms with Crippen molar-refractivity contribution in [3.8, 4) is 0 Å². The monoisotopic (exact) mass is 478 g/mol. The van der Waals surface area contributed by atoms with Crippen LogP contribution in [-0.2, 0) is 11.3 Å². The minimum Gasteiger partial charge on any atom is -0.462 e. The van der Waals surface area contributed by atoms with Crippen LogP contribution in [0.15, 0.2) is 53.3 Å². The lowest BCUT2D eigenvalue weighted by molar-refractivity contribution is 0.0526. The minimum atomic E-state index is -0.402. The Morgan fingerprint density at radius 1 is 1.03 bits per heavy atom. The molecule has 0 spiro atoms. The van der Waals surface area contributed by atoms with E-state index in [-0.39, 0.29) is 17.6 Å². The number of hydrogen-bond donors (Lipinski definition) is 1. The van der Waals surface area contributed by atoms with Crippen LogP contribution in [0.2, 0.25) is 0 Å². The number of carbonyl (C=O) groups excluding carboxylic acids is 2. The topological polar surface area (TPSA) is 93.5 Å². The molecule has 0 saturated heterocycles. The van der Waals surface area contributed by atoms with Gasteiger partial charge in [0.2, 0.25) is 0 Å². The summed E-state index contributed by atoms with van der Waals surface area (Å²) in [5, 5.41) is 3.51. The van der Waals surface area contributed by atoms with Crippen molar-refractivity contribution in [2.24, 2.45) is 0 Å². The van der Waals surface area contributed by atoms with Crippen LogP contribution in [0, 0.1) is 0 Å². The van der Waals surface area contributed by atoms with Crippen molar-refractivity contribution >= 4 is 28.6 Å². The molecule has 0 fully saturated rings. The molecule has 0 aliphatic heterocycles. The highest BCUT2D eigenvalue weighted by Crippen LogP contribution is 2.25. The van der Waals surface area contributed by atoms with Gasteiger partial charge in [0, 0.05) is 18.8 Å². The van der Waals surface area contributed by atoms with Gasteiger partial charge in [0.05, 0.1) is 29.1 Å². The van der Waals surface area contributed by atoms with E-state index in [0.717, 1.165) is 12.8 Å². The Morgan fingerprint density at radius 3 is 2.37 bits per heavy atom. The highest BCUT2D eigenvalue weighted by atomic mass is 16.5. The molecule has 3 rings (SSSR count). The molecule has 1 unspecified atom stereocenters. The minimum absolute atomic E-state index is 0.0858. The first kappa shape index (κ1) is 25.9. The average molecular weight is 479 g/mol. The third-order valence-electron chi connectivity index (χ3n) is 5.77. The Hall–Kier alpha value is -3.68. The normalized spacial score (nSPS) is 11.8. The Labute approximate surface area is 205 Å². The van der Waals surface area contributed by atoms with Crippen molar-refractivity contribution in [1.29, 1.82) is 0 Å². The quantitative estimate of drug-likeness (QED) is 0.395. The molecular weight excluding hydrogens is 444 g/mol. The second kappa shape index (κ2) is 12.1. The summed E-state index contributed by atoms with van der Waals surface area (Å²) in [6.07, 6.45) is 2.12. The van der Waals surface area contributed by atoms with Crippen LogP contribution in [0.5, 0.6) is 0 Å². The molecule has 8 nitrogen and oxygen atoms in total. The van der Waals surface area contributed by atoms with Gasteiger partial charge in [0.25, 0.3) is 5.56 Å². The Balaban J connectivity index is 1.95. The van der Waals surface area contributed by atoms with Crippen LogP contribution >= 0.6 is 0 Å². The van der Waals surface area contributed by atoms with Crippen LogP contribution < -0.4 is 10.9 Å². The number of ether oxygens (including phenoxy) is 1. The molecule has 1 aromatic heterocycles. The van der Waals surface area contributed by atoms with Crippen molar-refractivity contribution in [2.75, 3.05) is 18.5 Å². The summed E-state index contributed by atoms with van der Waals surface area (Å²) >= 11 is 0. The first-order chi connectivity index (χ1) is 16.9. The Bertz CT molecular complexity index is 1220. The summed E-state index contributed by atoms with van der Waals surface area (Å²) in [4.78, 5) is 45.2. The Morgan fingerprint density at radius 2 is 1.74 bits per heavy atom. The largest absolute Gasteiger partial charge is 0.462 e. The fraction of sp³-hybridized carbons (Fsp3) is 0.407. The molecular formula is C27H34N4O4. The lowest BCUT2D eigenvalue weighted by Gasteiger charge is -2.32. The van der Waals surface area contributed by atoms with Crippen molar-refractivity contribution in [1.82, 2.24) is 14.5 Å². The highest BCUT2D eigenvalue weighted by Gasteiger charge is 2.28. The fourth-order valence-electron chi connectivity index (χ4n) is 4.16. The van der Waals surface area contributed by atoms with Crippen molar-refractivity contribution in [3.05, 3.63) is 70.3 Å². The smallest absolute Gasteiger partial charge is 0.338 e. The Kier molecular flexibility index (Phi) is 9.00. The van der Waals surface area contributed by atoms with E-state index < -0.39 is 5.97 Å². The van der Waals surface area contributed by atoms with E-state index >= 15 is 0 Å². The predicted octanol–water partition coefficient (Wildman–Crippen LogP) is 5.38. The summed E-state index contributed by atoms with van der Waals surface area (Å²) in [5.41, 5.74) is 1.53. The molecule has 35 heavy (non-hydrogen) atoms. The zero-order chi connectivity index (χ0) is 25.4. The van der Waals surface area contributed by atoms with E-state index in [2.05, 4.69) is 5.32 Å². The summed E-state index contributed by atoms with van der Waals surface area (Å²) in [6, 6.07) is 13.3. The zero-order valence-corrected chi connectivity index (χ0v) is 20.9. The van der Waals surface area contributed by atoms with Crippen LogP contribution in [0.25, 0.3) is 10.9 Å². The molecule has 0 radical (unpaired) electrons. The number of amides is 2. The molecule has 1 atom stereocenters. The van der Waals surface area contributed by atoms with E-state index in [4.69, 9.17) is 9.72 Å². The van der Waals surface area contributed by atoms with Gasteiger partial charge < -0.3 is 15.0 Å². The van der Waals surface area contributed by atoms with E-state index in [1.807, 2.05) is 39.0 Å².